The van der Waals surface area contributed by atoms with Gasteiger partial charge in [0.25, 0.3) is 0 Å². The highest BCUT2D eigenvalue weighted by molar-refractivity contribution is 5.36. The quantitative estimate of drug-likeness (QED) is 0.736. The summed E-state index contributed by atoms with van der Waals surface area (Å²) in [7, 11) is 1.69. The zero-order chi connectivity index (χ0) is 11.1. The Bertz CT molecular complexity index is 275. The predicted octanol–water partition coefficient (Wildman–Crippen LogP) is 0.408. The van der Waals surface area contributed by atoms with Gasteiger partial charge in [0, 0.05) is 26.7 Å². The van der Waals surface area contributed by atoms with Crippen LogP contribution in [0.1, 0.15) is 12.6 Å². The SMILES string of the molecule is CCN(CCOC)c1ccc(CN)nn1. The zero-order valence-electron chi connectivity index (χ0n) is 9.31. The lowest BCUT2D eigenvalue weighted by Gasteiger charge is -2.20. The molecule has 0 radical (unpaired) electrons. The fourth-order valence-electron chi connectivity index (χ4n) is 1.27. The molecule has 1 aromatic heterocycles. The molecule has 0 amide bonds. The van der Waals surface area contributed by atoms with Gasteiger partial charge in [-0.25, -0.2) is 0 Å². The van der Waals surface area contributed by atoms with E-state index in [1.165, 1.54) is 0 Å². The number of ether oxygens (including phenoxy) is 1. The van der Waals surface area contributed by atoms with Crippen LogP contribution in [0.25, 0.3) is 0 Å². The Hall–Kier alpha value is -1.20. The first-order valence-corrected chi connectivity index (χ1v) is 5.08. The van der Waals surface area contributed by atoms with Gasteiger partial charge < -0.3 is 15.4 Å². The first kappa shape index (κ1) is 11.9. The molecule has 0 aliphatic carbocycles. The Kier molecular flexibility index (Phi) is 5.00. The van der Waals surface area contributed by atoms with Crippen molar-refractivity contribution in [2.75, 3.05) is 31.7 Å². The largest absolute Gasteiger partial charge is 0.383 e. The van der Waals surface area contributed by atoms with E-state index in [9.17, 15) is 0 Å². The maximum Gasteiger partial charge on any atom is 0.151 e. The van der Waals surface area contributed by atoms with Crippen LogP contribution in [0.3, 0.4) is 0 Å². The number of anilines is 1. The van der Waals surface area contributed by atoms with E-state index in [1.807, 2.05) is 12.1 Å². The van der Waals surface area contributed by atoms with Crippen molar-refractivity contribution in [3.63, 3.8) is 0 Å². The molecule has 0 fully saturated rings. The molecule has 5 heteroatoms. The maximum absolute atomic E-state index is 5.45. The summed E-state index contributed by atoms with van der Waals surface area (Å²) in [4.78, 5) is 2.11. The fraction of sp³-hybridized carbons (Fsp3) is 0.600. The van der Waals surface area contributed by atoms with Crippen molar-refractivity contribution in [3.05, 3.63) is 17.8 Å². The molecule has 1 rings (SSSR count). The number of hydrogen-bond donors (Lipinski definition) is 1. The molecular formula is C10H18N4O. The molecule has 15 heavy (non-hydrogen) atoms. The molecular weight excluding hydrogens is 192 g/mol. The van der Waals surface area contributed by atoms with Gasteiger partial charge in [0.15, 0.2) is 5.82 Å². The number of nitrogens with two attached hydrogens (primary N) is 1. The molecule has 0 aliphatic heterocycles. The monoisotopic (exact) mass is 210 g/mol. The number of hydrogen-bond acceptors (Lipinski definition) is 5. The minimum atomic E-state index is 0.428. The number of likely N-dealkylation sites (N-methyl/N-ethyl adjacent to an activating group) is 1. The normalized spacial score (nSPS) is 10.3. The van der Waals surface area contributed by atoms with Gasteiger partial charge in [0.1, 0.15) is 0 Å². The van der Waals surface area contributed by atoms with Gasteiger partial charge >= 0.3 is 0 Å². The van der Waals surface area contributed by atoms with Gasteiger partial charge in [0.05, 0.1) is 12.3 Å². The summed E-state index contributed by atoms with van der Waals surface area (Å²) >= 11 is 0. The molecule has 0 unspecified atom stereocenters. The van der Waals surface area contributed by atoms with Crippen molar-refractivity contribution < 1.29 is 4.74 Å². The van der Waals surface area contributed by atoms with Crippen LogP contribution in [-0.2, 0) is 11.3 Å². The van der Waals surface area contributed by atoms with E-state index >= 15 is 0 Å². The smallest absolute Gasteiger partial charge is 0.151 e. The van der Waals surface area contributed by atoms with E-state index in [4.69, 9.17) is 10.5 Å². The van der Waals surface area contributed by atoms with Gasteiger partial charge in [-0.3, -0.25) is 0 Å². The lowest BCUT2D eigenvalue weighted by molar-refractivity contribution is 0.205. The van der Waals surface area contributed by atoms with Crippen LogP contribution >= 0.6 is 0 Å². The molecule has 1 aromatic rings. The van der Waals surface area contributed by atoms with Crippen molar-refractivity contribution in [1.82, 2.24) is 10.2 Å². The summed E-state index contributed by atoms with van der Waals surface area (Å²) in [6.45, 7) is 4.91. The number of aromatic nitrogens is 2. The van der Waals surface area contributed by atoms with E-state index in [0.29, 0.717) is 13.2 Å². The summed E-state index contributed by atoms with van der Waals surface area (Å²) in [5.41, 5.74) is 6.26. The number of rotatable bonds is 6. The van der Waals surface area contributed by atoms with E-state index in [2.05, 4.69) is 22.0 Å². The molecule has 0 saturated heterocycles. The van der Waals surface area contributed by atoms with Crippen molar-refractivity contribution in [1.29, 1.82) is 0 Å². The Morgan fingerprint density at radius 3 is 2.67 bits per heavy atom. The number of nitrogens with zero attached hydrogens (tertiary/aromatic N) is 3. The van der Waals surface area contributed by atoms with Gasteiger partial charge in [-0.2, -0.15) is 5.10 Å². The third-order valence-corrected chi connectivity index (χ3v) is 2.19. The average Bonchev–Trinajstić information content (AvgIpc) is 2.31. The number of methoxy groups -OCH3 is 1. The van der Waals surface area contributed by atoms with Gasteiger partial charge in [-0.1, -0.05) is 0 Å². The second-order valence-electron chi connectivity index (χ2n) is 3.16. The van der Waals surface area contributed by atoms with Crippen LogP contribution in [0.15, 0.2) is 12.1 Å². The van der Waals surface area contributed by atoms with Crippen molar-refractivity contribution in [2.24, 2.45) is 5.73 Å². The molecule has 0 spiro atoms. The highest BCUT2D eigenvalue weighted by Crippen LogP contribution is 2.08. The molecule has 0 aliphatic rings. The van der Waals surface area contributed by atoms with Crippen molar-refractivity contribution in [2.45, 2.75) is 13.5 Å². The minimum absolute atomic E-state index is 0.428. The molecule has 0 saturated carbocycles. The third kappa shape index (κ3) is 3.45. The summed E-state index contributed by atoms with van der Waals surface area (Å²) in [6.07, 6.45) is 0. The average molecular weight is 210 g/mol. The Labute approximate surface area is 90.2 Å². The second-order valence-corrected chi connectivity index (χ2v) is 3.16. The molecule has 5 nitrogen and oxygen atoms in total. The molecule has 0 aromatic carbocycles. The Morgan fingerprint density at radius 2 is 2.20 bits per heavy atom. The van der Waals surface area contributed by atoms with Gasteiger partial charge in [-0.05, 0) is 19.1 Å². The minimum Gasteiger partial charge on any atom is -0.383 e. The van der Waals surface area contributed by atoms with Crippen LogP contribution in [0.2, 0.25) is 0 Å². The first-order chi connectivity index (χ1) is 7.31. The highest BCUT2D eigenvalue weighted by atomic mass is 16.5. The van der Waals surface area contributed by atoms with Crippen LogP contribution in [0, 0.1) is 0 Å². The third-order valence-electron chi connectivity index (χ3n) is 2.19. The van der Waals surface area contributed by atoms with Gasteiger partial charge in [-0.15, -0.1) is 5.10 Å². The summed E-state index contributed by atoms with van der Waals surface area (Å²) < 4.78 is 5.03. The maximum atomic E-state index is 5.45. The zero-order valence-corrected chi connectivity index (χ0v) is 9.31. The molecule has 0 atom stereocenters. The van der Waals surface area contributed by atoms with Crippen molar-refractivity contribution >= 4 is 5.82 Å². The van der Waals surface area contributed by atoms with E-state index in [0.717, 1.165) is 24.6 Å². The van der Waals surface area contributed by atoms with E-state index in [1.54, 1.807) is 7.11 Å². The van der Waals surface area contributed by atoms with Crippen LogP contribution in [0.5, 0.6) is 0 Å². The molecule has 84 valence electrons. The van der Waals surface area contributed by atoms with Crippen LogP contribution in [0.4, 0.5) is 5.82 Å². The summed E-state index contributed by atoms with van der Waals surface area (Å²) in [6, 6.07) is 3.84. The Morgan fingerprint density at radius 1 is 1.40 bits per heavy atom. The van der Waals surface area contributed by atoms with Crippen molar-refractivity contribution in [3.8, 4) is 0 Å². The summed E-state index contributed by atoms with van der Waals surface area (Å²) in [5, 5.41) is 8.13. The lowest BCUT2D eigenvalue weighted by atomic mass is 10.3. The predicted molar refractivity (Wildman–Crippen MR) is 59.7 cm³/mol. The van der Waals surface area contributed by atoms with E-state index in [-0.39, 0.29) is 0 Å². The Balaban J connectivity index is 2.65. The second kappa shape index (κ2) is 6.31. The first-order valence-electron chi connectivity index (χ1n) is 5.08. The van der Waals surface area contributed by atoms with Crippen LogP contribution in [-0.4, -0.2) is 37.0 Å². The highest BCUT2D eigenvalue weighted by Gasteiger charge is 2.05. The topological polar surface area (TPSA) is 64.3 Å². The molecule has 0 bridgehead atoms. The molecule has 1 heterocycles. The summed E-state index contributed by atoms with van der Waals surface area (Å²) in [5.74, 6) is 0.867. The van der Waals surface area contributed by atoms with Gasteiger partial charge in [0.2, 0.25) is 0 Å². The fourth-order valence-corrected chi connectivity index (χ4v) is 1.27. The molecule has 2 N–H and O–H groups in total. The standard InChI is InChI=1S/C10H18N4O/c1-3-14(6-7-15-2)10-5-4-9(8-11)12-13-10/h4-5H,3,6-8,11H2,1-2H3. The van der Waals surface area contributed by atoms with E-state index < -0.39 is 0 Å². The lowest BCUT2D eigenvalue weighted by Crippen LogP contribution is -2.28. The van der Waals surface area contributed by atoms with Crippen LogP contribution < -0.4 is 10.6 Å².